The summed E-state index contributed by atoms with van der Waals surface area (Å²) >= 11 is 1.26. The molecule has 3 rings (SSSR count). The van der Waals surface area contributed by atoms with Crippen LogP contribution in [0, 0.1) is 18.3 Å². The quantitative estimate of drug-likeness (QED) is 0.338. The minimum absolute atomic E-state index is 0.354. The largest absolute Gasteiger partial charge is 0.398 e. The zero-order valence-electron chi connectivity index (χ0n) is 15.5. The van der Waals surface area contributed by atoms with Gasteiger partial charge in [-0.15, -0.1) is 0 Å². The van der Waals surface area contributed by atoms with Crippen LogP contribution in [0.15, 0.2) is 82.7 Å². The fourth-order valence-corrected chi connectivity index (χ4v) is 3.78. The van der Waals surface area contributed by atoms with Crippen LogP contribution in [-0.4, -0.2) is 5.11 Å². The number of rotatable bonds is 5. The maximum Gasteiger partial charge on any atom is 0.104 e. The van der Waals surface area contributed by atoms with Crippen molar-refractivity contribution in [3.8, 4) is 6.07 Å². The van der Waals surface area contributed by atoms with Gasteiger partial charge in [-0.1, -0.05) is 66.4 Å². The average Bonchev–Trinajstić information content (AvgIpc) is 2.70. The molecule has 28 heavy (non-hydrogen) atoms. The van der Waals surface area contributed by atoms with Crippen molar-refractivity contribution in [2.24, 2.45) is 5.73 Å². The summed E-state index contributed by atoms with van der Waals surface area (Å²) in [7, 11) is 0. The number of aryl methyl sites for hydroxylation is 1. The predicted molar refractivity (Wildman–Crippen MR) is 115 cm³/mol. The van der Waals surface area contributed by atoms with E-state index in [1.165, 1.54) is 11.8 Å². The summed E-state index contributed by atoms with van der Waals surface area (Å²) in [5, 5.41) is 20.9. The molecule has 5 N–H and O–H groups in total. The Morgan fingerprint density at radius 3 is 2.46 bits per heavy atom. The molecule has 4 nitrogen and oxygen atoms in total. The van der Waals surface area contributed by atoms with Crippen LogP contribution in [0.1, 0.15) is 28.4 Å². The molecular formula is C23H21N3OS. The van der Waals surface area contributed by atoms with Gasteiger partial charge in [-0.3, -0.25) is 0 Å². The lowest BCUT2D eigenvalue weighted by molar-refractivity contribution is 0.219. The van der Waals surface area contributed by atoms with Crippen molar-refractivity contribution in [1.29, 1.82) is 5.26 Å². The van der Waals surface area contributed by atoms with Crippen LogP contribution in [0.25, 0.3) is 5.57 Å². The molecule has 0 amide bonds. The van der Waals surface area contributed by atoms with E-state index < -0.39 is 6.10 Å². The van der Waals surface area contributed by atoms with E-state index in [1.54, 1.807) is 12.1 Å². The molecular weight excluding hydrogens is 366 g/mol. The van der Waals surface area contributed by atoms with E-state index in [1.807, 2.05) is 67.6 Å². The van der Waals surface area contributed by atoms with Crippen LogP contribution in [0.2, 0.25) is 0 Å². The fourth-order valence-electron chi connectivity index (χ4n) is 2.94. The minimum Gasteiger partial charge on any atom is -0.398 e. The molecule has 0 fully saturated rings. The molecule has 0 saturated heterocycles. The summed E-state index contributed by atoms with van der Waals surface area (Å²) in [6, 6.07) is 24.5. The number of thioether (sulfide) groups is 1. The summed E-state index contributed by atoms with van der Waals surface area (Å²) < 4.78 is 0. The molecule has 1 atom stereocenters. The normalized spacial score (nSPS) is 12.8. The van der Waals surface area contributed by atoms with E-state index in [4.69, 9.17) is 11.5 Å². The van der Waals surface area contributed by atoms with Gasteiger partial charge in [0, 0.05) is 10.6 Å². The van der Waals surface area contributed by atoms with Gasteiger partial charge in [0.25, 0.3) is 0 Å². The van der Waals surface area contributed by atoms with E-state index in [-0.39, 0.29) is 0 Å². The van der Waals surface area contributed by atoms with Crippen molar-refractivity contribution in [1.82, 2.24) is 0 Å². The smallest absolute Gasteiger partial charge is 0.104 e. The van der Waals surface area contributed by atoms with Gasteiger partial charge in [0.2, 0.25) is 0 Å². The fraction of sp³-hybridized carbons (Fsp3) is 0.0870. The number of nitrogens with two attached hydrogens (primary N) is 2. The van der Waals surface area contributed by atoms with Crippen LogP contribution in [0.5, 0.6) is 0 Å². The van der Waals surface area contributed by atoms with Crippen LogP contribution in [0.4, 0.5) is 5.69 Å². The van der Waals surface area contributed by atoms with Crippen LogP contribution in [-0.2, 0) is 0 Å². The molecule has 0 aromatic heterocycles. The Morgan fingerprint density at radius 1 is 1.04 bits per heavy atom. The van der Waals surface area contributed by atoms with Gasteiger partial charge >= 0.3 is 0 Å². The van der Waals surface area contributed by atoms with Gasteiger partial charge < -0.3 is 16.6 Å². The lowest BCUT2D eigenvalue weighted by Crippen LogP contribution is -2.03. The molecule has 0 spiro atoms. The topological polar surface area (TPSA) is 96.1 Å². The number of aliphatic hydroxyl groups excluding tert-OH is 1. The third-order valence-corrected chi connectivity index (χ3v) is 5.49. The number of nitriles is 1. The van der Waals surface area contributed by atoms with Crippen molar-refractivity contribution >= 4 is 23.0 Å². The summed E-state index contributed by atoms with van der Waals surface area (Å²) in [5.41, 5.74) is 16.4. The standard InChI is InChI=1S/C23H21N3OS/c1-15-7-2-3-10-18(15)22(27)17-9-6-8-16(13-17)19(14-24)23(26)28-21-12-5-4-11-20(21)25/h2-13,22,27H,25-26H2,1H3/b23-19+. The number of nitrogen functional groups attached to an aromatic ring is 1. The highest BCUT2D eigenvalue weighted by atomic mass is 32.2. The molecule has 0 saturated carbocycles. The Bertz CT molecular complexity index is 1070. The van der Waals surface area contributed by atoms with Gasteiger partial charge in [-0.05, 0) is 47.4 Å². The first-order valence-corrected chi connectivity index (χ1v) is 9.59. The Hall–Kier alpha value is -3.20. The van der Waals surface area contributed by atoms with Crippen molar-refractivity contribution in [3.63, 3.8) is 0 Å². The highest BCUT2D eigenvalue weighted by Crippen LogP contribution is 2.34. The highest BCUT2D eigenvalue weighted by molar-refractivity contribution is 8.03. The molecule has 0 aliphatic carbocycles. The first-order valence-electron chi connectivity index (χ1n) is 8.77. The number of benzene rings is 3. The summed E-state index contributed by atoms with van der Waals surface area (Å²) in [4.78, 5) is 0.795. The molecule has 3 aromatic rings. The second-order valence-corrected chi connectivity index (χ2v) is 7.46. The molecule has 3 aromatic carbocycles. The molecule has 5 heteroatoms. The number of nitrogens with zero attached hydrogens (tertiary/aromatic N) is 1. The number of para-hydroxylation sites is 1. The second kappa shape index (κ2) is 8.66. The van der Waals surface area contributed by atoms with Crippen LogP contribution in [0.3, 0.4) is 0 Å². The molecule has 0 aliphatic rings. The van der Waals surface area contributed by atoms with Gasteiger partial charge in [-0.2, -0.15) is 5.26 Å². The second-order valence-electron chi connectivity index (χ2n) is 6.38. The maximum absolute atomic E-state index is 10.8. The first kappa shape index (κ1) is 19.6. The van der Waals surface area contributed by atoms with E-state index >= 15 is 0 Å². The number of anilines is 1. The highest BCUT2D eigenvalue weighted by Gasteiger charge is 2.15. The number of aliphatic hydroxyl groups is 1. The molecule has 0 aliphatic heterocycles. The van der Waals surface area contributed by atoms with Crippen molar-refractivity contribution in [2.75, 3.05) is 5.73 Å². The zero-order chi connectivity index (χ0) is 20.1. The first-order chi connectivity index (χ1) is 13.5. The monoisotopic (exact) mass is 387 g/mol. The van der Waals surface area contributed by atoms with Gasteiger partial charge in [0.15, 0.2) is 0 Å². The third kappa shape index (κ3) is 4.20. The lowest BCUT2D eigenvalue weighted by atomic mass is 9.95. The predicted octanol–water partition coefficient (Wildman–Crippen LogP) is 4.60. The molecule has 140 valence electrons. The number of hydrogen-bond donors (Lipinski definition) is 3. The summed E-state index contributed by atoms with van der Waals surface area (Å²) in [6.45, 7) is 1.96. The molecule has 0 radical (unpaired) electrons. The lowest BCUT2D eigenvalue weighted by Gasteiger charge is -2.15. The van der Waals surface area contributed by atoms with Crippen molar-refractivity contribution in [2.45, 2.75) is 17.9 Å². The Kier molecular flexibility index (Phi) is 6.05. The molecule has 0 bridgehead atoms. The SMILES string of the molecule is Cc1ccccc1C(O)c1cccc(/C(C#N)=C(\N)Sc2ccccc2N)c1. The van der Waals surface area contributed by atoms with E-state index in [9.17, 15) is 10.4 Å². The zero-order valence-corrected chi connectivity index (χ0v) is 16.3. The third-order valence-electron chi connectivity index (χ3n) is 4.47. The Balaban J connectivity index is 1.96. The maximum atomic E-state index is 10.8. The molecule has 1 unspecified atom stereocenters. The van der Waals surface area contributed by atoms with Crippen LogP contribution >= 0.6 is 11.8 Å². The van der Waals surface area contributed by atoms with Gasteiger partial charge in [0.1, 0.15) is 12.2 Å². The summed E-state index contributed by atoms with van der Waals surface area (Å²) in [6.07, 6.45) is -0.778. The minimum atomic E-state index is -0.778. The van der Waals surface area contributed by atoms with E-state index in [0.717, 1.165) is 16.0 Å². The number of allylic oxidation sites excluding steroid dienone is 1. The average molecular weight is 388 g/mol. The van der Waals surface area contributed by atoms with Gasteiger partial charge in [0.05, 0.1) is 10.6 Å². The number of hydrogen-bond acceptors (Lipinski definition) is 5. The van der Waals surface area contributed by atoms with E-state index in [0.29, 0.717) is 27.4 Å². The van der Waals surface area contributed by atoms with Crippen molar-refractivity contribution < 1.29 is 5.11 Å². The summed E-state index contributed by atoms with van der Waals surface area (Å²) in [5.74, 6) is 0. The Morgan fingerprint density at radius 2 is 1.75 bits per heavy atom. The van der Waals surface area contributed by atoms with Gasteiger partial charge in [-0.25, -0.2) is 0 Å². The van der Waals surface area contributed by atoms with Crippen molar-refractivity contribution in [3.05, 3.63) is 100 Å². The molecule has 0 heterocycles. The van der Waals surface area contributed by atoms with Crippen LogP contribution < -0.4 is 11.5 Å². The Labute approximate surface area is 169 Å². The van der Waals surface area contributed by atoms with E-state index in [2.05, 4.69) is 6.07 Å².